The molecule has 37 heavy (non-hydrogen) atoms. The van der Waals surface area contributed by atoms with Crippen molar-refractivity contribution in [2.45, 2.75) is 25.7 Å². The van der Waals surface area contributed by atoms with Gasteiger partial charge in [0, 0.05) is 31.4 Å². The van der Waals surface area contributed by atoms with Crippen LogP contribution in [-0.4, -0.2) is 54.8 Å². The Bertz CT molecular complexity index is 1200. The van der Waals surface area contributed by atoms with Crippen molar-refractivity contribution in [3.63, 3.8) is 0 Å². The lowest BCUT2D eigenvalue weighted by Gasteiger charge is -2.15. The fourth-order valence-electron chi connectivity index (χ4n) is 3.55. The summed E-state index contributed by atoms with van der Waals surface area (Å²) in [6.45, 7) is 1.21. The summed E-state index contributed by atoms with van der Waals surface area (Å²) in [6, 6.07) is 17.0. The highest BCUT2D eigenvalue weighted by molar-refractivity contribution is 6.12. The average molecular weight is 503 g/mol. The van der Waals surface area contributed by atoms with E-state index in [0.717, 1.165) is 25.7 Å². The first kappa shape index (κ1) is 27.3. The van der Waals surface area contributed by atoms with E-state index in [1.807, 2.05) is 0 Å². The number of hydrogen-bond donors (Lipinski definition) is 4. The molecule has 1 heterocycles. The maximum absolute atomic E-state index is 13.1. The number of nitrogens with two attached hydrogens (primary N) is 1. The summed E-state index contributed by atoms with van der Waals surface area (Å²) in [5, 5.41) is 13.7. The van der Waals surface area contributed by atoms with E-state index in [0.29, 0.717) is 47.4 Å². The Morgan fingerprint density at radius 2 is 1.65 bits per heavy atom. The van der Waals surface area contributed by atoms with Crippen molar-refractivity contribution in [1.82, 2.24) is 9.88 Å². The lowest BCUT2D eigenvalue weighted by Crippen LogP contribution is -2.22. The highest BCUT2D eigenvalue weighted by Crippen LogP contribution is 2.24. The summed E-state index contributed by atoms with van der Waals surface area (Å²) in [7, 11) is 3.57. The zero-order chi connectivity index (χ0) is 26.6. The van der Waals surface area contributed by atoms with Gasteiger partial charge in [-0.15, -0.1) is 0 Å². The molecule has 0 fully saturated rings. The second kappa shape index (κ2) is 13.7. The Kier molecular flexibility index (Phi) is 10.2. The number of nitrogens with one attached hydrogen (secondary N) is 3. The van der Waals surface area contributed by atoms with Gasteiger partial charge in [-0.05, 0) is 61.9 Å². The molecule has 0 saturated carbocycles. The number of aromatic nitrogens is 1. The third kappa shape index (κ3) is 8.15. The van der Waals surface area contributed by atoms with Crippen LogP contribution in [0.2, 0.25) is 0 Å². The first-order valence-electron chi connectivity index (χ1n) is 12.3. The quantitative estimate of drug-likeness (QED) is 0.165. The second-order valence-corrected chi connectivity index (χ2v) is 8.70. The van der Waals surface area contributed by atoms with Gasteiger partial charge in [-0.1, -0.05) is 31.0 Å². The van der Waals surface area contributed by atoms with Gasteiger partial charge < -0.3 is 26.0 Å². The monoisotopic (exact) mass is 502 g/mol. The minimum absolute atomic E-state index is 0.255. The Hall–Kier alpha value is -4.24. The number of unbranched alkanes of at least 4 members (excludes halogenated alkanes) is 3. The van der Waals surface area contributed by atoms with Gasteiger partial charge in [0.15, 0.2) is 0 Å². The molecule has 0 aliphatic heterocycles. The van der Waals surface area contributed by atoms with Gasteiger partial charge in [0.1, 0.15) is 17.4 Å². The summed E-state index contributed by atoms with van der Waals surface area (Å²) < 4.78 is 5.86. The molecule has 5 N–H and O–H groups in total. The average Bonchev–Trinajstić information content (AvgIpc) is 2.91. The van der Waals surface area contributed by atoms with Crippen molar-refractivity contribution in [2.75, 3.05) is 37.9 Å². The van der Waals surface area contributed by atoms with Crippen LogP contribution >= 0.6 is 0 Å². The topological polar surface area (TPSA) is 133 Å². The predicted molar refractivity (Wildman–Crippen MR) is 147 cm³/mol. The normalized spacial score (nSPS) is 10.5. The highest BCUT2D eigenvalue weighted by atomic mass is 16.5. The summed E-state index contributed by atoms with van der Waals surface area (Å²) in [6.07, 6.45) is 5.54. The van der Waals surface area contributed by atoms with Crippen molar-refractivity contribution in [3.8, 4) is 5.75 Å². The third-order valence-corrected chi connectivity index (χ3v) is 5.63. The third-order valence-electron chi connectivity index (χ3n) is 5.63. The molecule has 194 valence electrons. The number of anilines is 2. The van der Waals surface area contributed by atoms with Crippen molar-refractivity contribution in [3.05, 3.63) is 83.6 Å². The van der Waals surface area contributed by atoms with Crippen molar-refractivity contribution < 1.29 is 14.3 Å². The van der Waals surface area contributed by atoms with Crippen LogP contribution < -0.4 is 21.1 Å². The van der Waals surface area contributed by atoms with E-state index in [4.69, 9.17) is 15.9 Å². The molecule has 0 aliphatic carbocycles. The molecule has 0 bridgehead atoms. The Labute approximate surface area is 217 Å². The lowest BCUT2D eigenvalue weighted by atomic mass is 10.1. The minimum atomic E-state index is -0.419. The van der Waals surface area contributed by atoms with Crippen molar-refractivity contribution in [1.29, 1.82) is 5.41 Å². The first-order valence-corrected chi connectivity index (χ1v) is 12.3. The van der Waals surface area contributed by atoms with E-state index in [9.17, 15) is 9.59 Å². The molecule has 3 rings (SSSR count). The number of carbonyl (C=O) groups excluding carboxylic acids is 2. The number of benzene rings is 2. The van der Waals surface area contributed by atoms with Gasteiger partial charge >= 0.3 is 0 Å². The van der Waals surface area contributed by atoms with E-state index in [1.54, 1.807) is 85.9 Å². The van der Waals surface area contributed by atoms with Crippen LogP contribution in [0.15, 0.2) is 66.9 Å². The molecule has 2 aromatic carbocycles. The smallest absolute Gasteiger partial charge is 0.259 e. The molecule has 1 aromatic heterocycles. The van der Waals surface area contributed by atoms with E-state index in [1.165, 1.54) is 0 Å². The summed E-state index contributed by atoms with van der Waals surface area (Å²) in [5.74, 6) is 0.487. The van der Waals surface area contributed by atoms with Crippen LogP contribution in [0.5, 0.6) is 5.75 Å². The molecule has 0 unspecified atom stereocenters. The van der Waals surface area contributed by atoms with Gasteiger partial charge in [0.05, 0.1) is 17.9 Å². The molecule has 2 amide bonds. The highest BCUT2D eigenvalue weighted by Gasteiger charge is 2.17. The van der Waals surface area contributed by atoms with Crippen molar-refractivity contribution in [2.24, 2.45) is 5.73 Å². The first-order chi connectivity index (χ1) is 17.9. The van der Waals surface area contributed by atoms with Crippen LogP contribution in [0.4, 0.5) is 11.5 Å². The maximum Gasteiger partial charge on any atom is 0.259 e. The molecule has 9 nitrogen and oxygen atoms in total. The zero-order valence-electron chi connectivity index (χ0n) is 21.3. The standard InChI is InChI=1S/C28H34N6O3/c1-34(2)26(30)20-10-12-21(13-11-20)27(35)32-24-15-14-22(37-18-8-4-3-6-16-29)19-23(24)28(36)33-25-9-5-7-17-31-25/h5,7,9-15,17,19,30H,3-4,6,8,16,18,29H2,1-2H3,(H,32,35)(H,31,33,36). The number of carbonyl (C=O) groups is 2. The Balaban J connectivity index is 1.76. The summed E-state index contributed by atoms with van der Waals surface area (Å²) >= 11 is 0. The van der Waals surface area contributed by atoms with Gasteiger partial charge in [-0.3, -0.25) is 15.0 Å². The van der Waals surface area contributed by atoms with E-state index >= 15 is 0 Å². The van der Waals surface area contributed by atoms with Crippen LogP contribution in [-0.2, 0) is 0 Å². The molecule has 0 saturated heterocycles. The van der Waals surface area contributed by atoms with E-state index < -0.39 is 5.91 Å². The second-order valence-electron chi connectivity index (χ2n) is 8.70. The molecule has 0 atom stereocenters. The fraction of sp³-hybridized carbons (Fsp3) is 0.286. The lowest BCUT2D eigenvalue weighted by molar-refractivity contribution is 0.102. The maximum atomic E-state index is 13.1. The fourth-order valence-corrected chi connectivity index (χ4v) is 3.55. The summed E-state index contributed by atoms with van der Waals surface area (Å²) in [5.41, 5.74) is 7.24. The minimum Gasteiger partial charge on any atom is -0.494 e. The number of amidine groups is 1. The number of hydrogen-bond acceptors (Lipinski definition) is 6. The van der Waals surface area contributed by atoms with Crippen LogP contribution in [0.3, 0.4) is 0 Å². The van der Waals surface area contributed by atoms with Gasteiger partial charge in [0.2, 0.25) is 0 Å². The number of rotatable bonds is 12. The Morgan fingerprint density at radius 1 is 0.919 bits per heavy atom. The van der Waals surface area contributed by atoms with Gasteiger partial charge in [-0.2, -0.15) is 0 Å². The molecule has 3 aromatic rings. The predicted octanol–water partition coefficient (Wildman–Crippen LogP) is 4.37. The Morgan fingerprint density at radius 3 is 2.32 bits per heavy atom. The molecule has 0 radical (unpaired) electrons. The van der Waals surface area contributed by atoms with E-state index in [2.05, 4.69) is 15.6 Å². The molecular formula is C28H34N6O3. The van der Waals surface area contributed by atoms with Crippen LogP contribution in [0.25, 0.3) is 0 Å². The van der Waals surface area contributed by atoms with Crippen molar-refractivity contribution >= 4 is 29.2 Å². The molecule has 0 spiro atoms. The molecule has 9 heteroatoms. The van der Waals surface area contributed by atoms with E-state index in [-0.39, 0.29) is 11.5 Å². The summed E-state index contributed by atoms with van der Waals surface area (Å²) in [4.78, 5) is 32.0. The number of ether oxygens (including phenoxy) is 1. The van der Waals surface area contributed by atoms with Crippen LogP contribution in [0, 0.1) is 5.41 Å². The zero-order valence-corrected chi connectivity index (χ0v) is 21.3. The largest absolute Gasteiger partial charge is 0.494 e. The number of amides is 2. The number of pyridine rings is 1. The molecule has 0 aliphatic rings. The van der Waals surface area contributed by atoms with Crippen LogP contribution in [0.1, 0.15) is 52.0 Å². The SMILES string of the molecule is CN(C)C(=N)c1ccc(C(=O)Nc2ccc(OCCCCCCN)cc2C(=O)Nc2ccccn2)cc1. The van der Waals surface area contributed by atoms with Gasteiger partial charge in [-0.25, -0.2) is 4.98 Å². The number of nitrogens with zero attached hydrogens (tertiary/aromatic N) is 2. The van der Waals surface area contributed by atoms with Gasteiger partial charge in [0.25, 0.3) is 11.8 Å². The molecular weight excluding hydrogens is 468 g/mol.